The molecule has 2 amide bonds. The first-order valence-electron chi connectivity index (χ1n) is 7.68. The van der Waals surface area contributed by atoms with E-state index in [1.807, 2.05) is 27.7 Å². The maximum atomic E-state index is 12.4. The van der Waals surface area contributed by atoms with Crippen molar-refractivity contribution in [3.63, 3.8) is 0 Å². The van der Waals surface area contributed by atoms with Crippen LogP contribution < -0.4 is 10.6 Å². The van der Waals surface area contributed by atoms with Crippen molar-refractivity contribution in [3.05, 3.63) is 16.5 Å². The number of hydrogen-bond acceptors (Lipinski definition) is 4. The zero-order chi connectivity index (χ0) is 17.6. The summed E-state index contributed by atoms with van der Waals surface area (Å²) in [4.78, 5) is 36.3. The molecule has 0 fully saturated rings. The van der Waals surface area contributed by atoms with Crippen LogP contribution >= 0.6 is 11.3 Å². The molecule has 0 bridgehead atoms. The van der Waals surface area contributed by atoms with Gasteiger partial charge in [0, 0.05) is 11.3 Å². The number of aliphatic carboxylic acids is 1. The fraction of sp³-hybridized carbons (Fsp3) is 0.562. The minimum atomic E-state index is -1.06. The molecule has 23 heavy (non-hydrogen) atoms. The highest BCUT2D eigenvalue weighted by atomic mass is 32.1. The van der Waals surface area contributed by atoms with Crippen LogP contribution in [-0.4, -0.2) is 28.9 Å². The van der Waals surface area contributed by atoms with Crippen LogP contribution in [0, 0.1) is 12.8 Å². The van der Waals surface area contributed by atoms with E-state index >= 15 is 0 Å². The highest BCUT2D eigenvalue weighted by Crippen LogP contribution is 2.28. The van der Waals surface area contributed by atoms with Crippen LogP contribution in [0.5, 0.6) is 0 Å². The number of hydrogen-bond donors (Lipinski definition) is 3. The second-order valence-corrected chi connectivity index (χ2v) is 7.16. The van der Waals surface area contributed by atoms with Gasteiger partial charge in [-0.3, -0.25) is 9.59 Å². The number of aryl methyl sites for hydroxylation is 1. The Morgan fingerprint density at radius 3 is 2.48 bits per heavy atom. The van der Waals surface area contributed by atoms with Gasteiger partial charge in [0.2, 0.25) is 5.91 Å². The van der Waals surface area contributed by atoms with Crippen LogP contribution in [0.3, 0.4) is 0 Å². The first-order chi connectivity index (χ1) is 10.7. The zero-order valence-electron chi connectivity index (χ0n) is 13.9. The Morgan fingerprint density at radius 1 is 1.30 bits per heavy atom. The molecule has 0 aromatic carbocycles. The molecule has 0 aliphatic rings. The summed E-state index contributed by atoms with van der Waals surface area (Å²) in [6.07, 6.45) is 1.38. The highest BCUT2D eigenvalue weighted by molar-refractivity contribution is 7.16. The van der Waals surface area contributed by atoms with Gasteiger partial charge in [-0.05, 0) is 25.3 Å². The second kappa shape index (κ2) is 8.67. The van der Waals surface area contributed by atoms with Crippen molar-refractivity contribution in [1.82, 2.24) is 5.32 Å². The van der Waals surface area contributed by atoms with E-state index in [2.05, 4.69) is 10.6 Å². The van der Waals surface area contributed by atoms with Gasteiger partial charge in [0.1, 0.15) is 11.0 Å². The van der Waals surface area contributed by atoms with Gasteiger partial charge in [-0.25, -0.2) is 4.79 Å². The molecule has 1 unspecified atom stereocenters. The third kappa shape index (κ3) is 6.02. The first-order valence-corrected chi connectivity index (χ1v) is 8.50. The molecule has 0 aliphatic heterocycles. The Hall–Kier alpha value is -1.89. The van der Waals surface area contributed by atoms with Gasteiger partial charge >= 0.3 is 5.97 Å². The highest BCUT2D eigenvalue weighted by Gasteiger charge is 2.23. The van der Waals surface area contributed by atoms with Crippen molar-refractivity contribution >= 4 is 34.1 Å². The topological polar surface area (TPSA) is 95.5 Å². The molecule has 1 rings (SSSR count). The van der Waals surface area contributed by atoms with Gasteiger partial charge in [0.05, 0.1) is 5.56 Å². The molecule has 1 aromatic rings. The van der Waals surface area contributed by atoms with Gasteiger partial charge in [0.15, 0.2) is 0 Å². The van der Waals surface area contributed by atoms with Crippen LogP contribution in [-0.2, 0) is 9.59 Å². The number of carbonyl (C=O) groups excluding carboxylic acids is 2. The SMILES string of the molecule is CCCC(NC(=O)c1cc(C)sc1NC(=O)CC(C)C)C(=O)O. The molecule has 0 radical (unpaired) electrons. The predicted octanol–water partition coefficient (Wildman–Crippen LogP) is 3.02. The van der Waals surface area contributed by atoms with E-state index in [1.54, 1.807) is 6.07 Å². The number of amides is 2. The summed E-state index contributed by atoms with van der Waals surface area (Å²) in [7, 11) is 0. The molecule has 1 heterocycles. The summed E-state index contributed by atoms with van der Waals surface area (Å²) in [5.41, 5.74) is 0.312. The molecule has 6 nitrogen and oxygen atoms in total. The molecule has 1 atom stereocenters. The monoisotopic (exact) mass is 340 g/mol. The van der Waals surface area contributed by atoms with E-state index in [1.165, 1.54) is 11.3 Å². The summed E-state index contributed by atoms with van der Waals surface area (Å²) in [6.45, 7) is 7.57. The Morgan fingerprint density at radius 2 is 1.96 bits per heavy atom. The van der Waals surface area contributed by atoms with Crippen molar-refractivity contribution < 1.29 is 19.5 Å². The number of anilines is 1. The zero-order valence-corrected chi connectivity index (χ0v) is 14.8. The quantitative estimate of drug-likeness (QED) is 0.678. The second-order valence-electron chi connectivity index (χ2n) is 5.90. The number of rotatable bonds is 8. The van der Waals surface area contributed by atoms with Crippen molar-refractivity contribution in [2.75, 3.05) is 5.32 Å². The Kier molecular flexibility index (Phi) is 7.22. The van der Waals surface area contributed by atoms with Crippen molar-refractivity contribution in [2.45, 2.75) is 53.0 Å². The van der Waals surface area contributed by atoms with Crippen LogP contribution in [0.1, 0.15) is 55.3 Å². The molecular weight excluding hydrogens is 316 g/mol. The molecule has 0 aliphatic carbocycles. The third-order valence-corrected chi connectivity index (χ3v) is 4.09. The number of carboxylic acid groups (broad SMARTS) is 1. The minimum Gasteiger partial charge on any atom is -0.480 e. The average Bonchev–Trinajstić information content (AvgIpc) is 2.77. The molecule has 0 spiro atoms. The maximum Gasteiger partial charge on any atom is 0.326 e. The van der Waals surface area contributed by atoms with Crippen LogP contribution in [0.4, 0.5) is 5.00 Å². The summed E-state index contributed by atoms with van der Waals surface area (Å²) in [6, 6.07) is 0.738. The average molecular weight is 340 g/mol. The molecule has 0 saturated heterocycles. The van der Waals surface area contributed by atoms with E-state index in [0.717, 1.165) is 4.88 Å². The molecule has 3 N–H and O–H groups in total. The molecule has 1 aromatic heterocycles. The smallest absolute Gasteiger partial charge is 0.326 e. The molecule has 0 saturated carbocycles. The lowest BCUT2D eigenvalue weighted by atomic mass is 10.1. The fourth-order valence-corrected chi connectivity index (χ4v) is 3.03. The summed E-state index contributed by atoms with van der Waals surface area (Å²) < 4.78 is 0. The lowest BCUT2D eigenvalue weighted by molar-refractivity contribution is -0.139. The third-order valence-electron chi connectivity index (χ3n) is 3.13. The Balaban J connectivity index is 2.88. The summed E-state index contributed by atoms with van der Waals surface area (Å²) in [5, 5.41) is 14.9. The Bertz CT molecular complexity index is 581. The van der Waals surface area contributed by atoms with Gasteiger partial charge < -0.3 is 15.7 Å². The molecular formula is C16H24N2O4S. The van der Waals surface area contributed by atoms with Crippen molar-refractivity contribution in [3.8, 4) is 0 Å². The number of carboxylic acids is 1. The Labute approximate surface area is 140 Å². The summed E-state index contributed by atoms with van der Waals surface area (Å²) in [5.74, 6) is -1.47. The minimum absolute atomic E-state index is 0.153. The van der Waals surface area contributed by atoms with Crippen molar-refractivity contribution in [2.24, 2.45) is 5.92 Å². The van der Waals surface area contributed by atoms with Gasteiger partial charge in [0.25, 0.3) is 5.91 Å². The van der Waals surface area contributed by atoms with Gasteiger partial charge in [-0.15, -0.1) is 11.3 Å². The van der Waals surface area contributed by atoms with Crippen LogP contribution in [0.25, 0.3) is 0 Å². The van der Waals surface area contributed by atoms with Crippen LogP contribution in [0.15, 0.2) is 6.07 Å². The van der Waals surface area contributed by atoms with E-state index < -0.39 is 17.9 Å². The van der Waals surface area contributed by atoms with Crippen molar-refractivity contribution in [1.29, 1.82) is 0 Å². The molecule has 7 heteroatoms. The largest absolute Gasteiger partial charge is 0.480 e. The van der Waals surface area contributed by atoms with Crippen LogP contribution in [0.2, 0.25) is 0 Å². The maximum absolute atomic E-state index is 12.4. The summed E-state index contributed by atoms with van der Waals surface area (Å²) >= 11 is 1.31. The van der Waals surface area contributed by atoms with E-state index in [0.29, 0.717) is 29.8 Å². The lowest BCUT2D eigenvalue weighted by Crippen LogP contribution is -2.40. The number of carbonyl (C=O) groups is 3. The fourth-order valence-electron chi connectivity index (χ4n) is 2.11. The lowest BCUT2D eigenvalue weighted by Gasteiger charge is -2.14. The molecule has 128 valence electrons. The first kappa shape index (κ1) is 19.2. The predicted molar refractivity (Wildman–Crippen MR) is 90.9 cm³/mol. The van der Waals surface area contributed by atoms with E-state index in [4.69, 9.17) is 5.11 Å². The number of nitrogens with one attached hydrogen (secondary N) is 2. The van der Waals surface area contributed by atoms with E-state index in [9.17, 15) is 14.4 Å². The standard InChI is InChI=1S/C16H24N2O4S/c1-5-6-12(16(21)22)17-14(20)11-8-10(4)23-15(11)18-13(19)7-9(2)3/h8-9,12H,5-7H2,1-4H3,(H,17,20)(H,18,19)(H,21,22). The van der Waals surface area contributed by atoms with Gasteiger partial charge in [-0.1, -0.05) is 27.2 Å². The van der Waals surface area contributed by atoms with Gasteiger partial charge in [-0.2, -0.15) is 0 Å². The van der Waals surface area contributed by atoms with E-state index in [-0.39, 0.29) is 11.8 Å². The normalized spacial score (nSPS) is 12.0. The number of thiophene rings is 1.